The smallest absolute Gasteiger partial charge is 0.312 e. The third kappa shape index (κ3) is 4.55. The molecule has 0 aliphatic rings. The number of nitrogens with zero attached hydrogens (tertiary/aromatic N) is 1. The molecule has 5 heteroatoms. The number of carbonyl (C=O) groups is 2. The molecule has 0 radical (unpaired) electrons. The number of benzene rings is 1. The molecule has 0 saturated heterocycles. The van der Waals surface area contributed by atoms with Gasteiger partial charge in [-0.2, -0.15) is 0 Å². The molecular weight excluding hydrogens is 220 g/mol. The zero-order chi connectivity index (χ0) is 12.8. The lowest BCUT2D eigenvalue weighted by Gasteiger charge is -2.12. The average Bonchev–Trinajstić information content (AvgIpc) is 2.26. The lowest BCUT2D eigenvalue weighted by Crippen LogP contribution is -2.25. The van der Waals surface area contributed by atoms with E-state index in [1.54, 1.807) is 0 Å². The van der Waals surface area contributed by atoms with Crippen LogP contribution in [-0.4, -0.2) is 31.1 Å². The summed E-state index contributed by atoms with van der Waals surface area (Å²) in [6, 6.07) is 7.68. The van der Waals surface area contributed by atoms with Crippen molar-refractivity contribution in [3.05, 3.63) is 29.8 Å². The molecule has 5 nitrogen and oxygen atoms in total. The third-order valence-corrected chi connectivity index (χ3v) is 2.25. The van der Waals surface area contributed by atoms with Crippen LogP contribution >= 0.6 is 0 Å². The molecule has 17 heavy (non-hydrogen) atoms. The van der Waals surface area contributed by atoms with Gasteiger partial charge in [0.1, 0.15) is 6.42 Å². The Bertz CT molecular complexity index is 399. The molecule has 0 spiro atoms. The van der Waals surface area contributed by atoms with Gasteiger partial charge in [0.05, 0.1) is 0 Å². The number of carboxylic acid groups (broad SMARTS) is 1. The SMILES string of the molecule is CN(C)c1ccc(CNC(=O)CC(=O)O)cc1. The van der Waals surface area contributed by atoms with Gasteiger partial charge in [0.2, 0.25) is 5.91 Å². The molecule has 0 bridgehead atoms. The van der Waals surface area contributed by atoms with Crippen molar-refractivity contribution < 1.29 is 14.7 Å². The fraction of sp³-hybridized carbons (Fsp3) is 0.333. The van der Waals surface area contributed by atoms with Crippen LogP contribution in [0.4, 0.5) is 5.69 Å². The van der Waals surface area contributed by atoms with Crippen molar-refractivity contribution in [2.75, 3.05) is 19.0 Å². The molecule has 0 aliphatic carbocycles. The number of hydrogen-bond acceptors (Lipinski definition) is 3. The summed E-state index contributed by atoms with van der Waals surface area (Å²) in [5, 5.41) is 11.0. The number of carboxylic acids is 1. The zero-order valence-corrected chi connectivity index (χ0v) is 9.93. The Morgan fingerprint density at radius 1 is 1.24 bits per heavy atom. The van der Waals surface area contributed by atoms with Gasteiger partial charge in [0.15, 0.2) is 0 Å². The highest BCUT2D eigenvalue weighted by Crippen LogP contribution is 2.11. The molecule has 1 aromatic rings. The van der Waals surface area contributed by atoms with Crippen LogP contribution < -0.4 is 10.2 Å². The monoisotopic (exact) mass is 236 g/mol. The van der Waals surface area contributed by atoms with Gasteiger partial charge in [0.25, 0.3) is 0 Å². The minimum Gasteiger partial charge on any atom is -0.481 e. The molecule has 0 fully saturated rings. The highest BCUT2D eigenvalue weighted by molar-refractivity contribution is 5.93. The van der Waals surface area contributed by atoms with Crippen molar-refractivity contribution in [3.63, 3.8) is 0 Å². The van der Waals surface area contributed by atoms with E-state index < -0.39 is 18.3 Å². The van der Waals surface area contributed by atoms with Gasteiger partial charge in [-0.1, -0.05) is 12.1 Å². The lowest BCUT2D eigenvalue weighted by molar-refractivity contribution is -0.140. The van der Waals surface area contributed by atoms with Gasteiger partial charge in [-0.3, -0.25) is 9.59 Å². The summed E-state index contributed by atoms with van der Waals surface area (Å²) in [6.07, 6.45) is -0.490. The summed E-state index contributed by atoms with van der Waals surface area (Å²) in [5.41, 5.74) is 2.01. The Morgan fingerprint density at radius 3 is 2.29 bits per heavy atom. The van der Waals surface area contributed by atoms with Crippen molar-refractivity contribution in [2.45, 2.75) is 13.0 Å². The van der Waals surface area contributed by atoms with Crippen LogP contribution in [-0.2, 0) is 16.1 Å². The van der Waals surface area contributed by atoms with Crippen molar-refractivity contribution in [1.29, 1.82) is 0 Å². The fourth-order valence-corrected chi connectivity index (χ4v) is 1.31. The minimum absolute atomic E-state index is 0.347. The number of hydrogen-bond donors (Lipinski definition) is 2. The Morgan fingerprint density at radius 2 is 1.82 bits per heavy atom. The summed E-state index contributed by atoms with van der Waals surface area (Å²) in [7, 11) is 3.90. The van der Waals surface area contributed by atoms with Crippen LogP contribution in [0.15, 0.2) is 24.3 Å². The molecule has 2 N–H and O–H groups in total. The number of aliphatic carboxylic acids is 1. The number of anilines is 1. The topological polar surface area (TPSA) is 69.6 Å². The second kappa shape index (κ2) is 5.89. The first kappa shape index (κ1) is 13.0. The van der Waals surface area contributed by atoms with Crippen molar-refractivity contribution in [3.8, 4) is 0 Å². The van der Waals surface area contributed by atoms with Gasteiger partial charge in [-0.05, 0) is 17.7 Å². The van der Waals surface area contributed by atoms with E-state index in [-0.39, 0.29) is 0 Å². The van der Waals surface area contributed by atoms with E-state index in [9.17, 15) is 9.59 Å². The second-order valence-corrected chi connectivity index (χ2v) is 3.91. The summed E-state index contributed by atoms with van der Waals surface area (Å²) in [6.45, 7) is 0.347. The number of rotatable bonds is 5. The molecule has 0 atom stereocenters. The van der Waals surface area contributed by atoms with Crippen LogP contribution in [0, 0.1) is 0 Å². The maximum Gasteiger partial charge on any atom is 0.312 e. The Kier molecular flexibility index (Phi) is 4.51. The molecule has 92 valence electrons. The van der Waals surface area contributed by atoms with Gasteiger partial charge in [-0.15, -0.1) is 0 Å². The number of carbonyl (C=O) groups excluding carboxylic acids is 1. The summed E-state index contributed by atoms with van der Waals surface area (Å²) in [4.78, 5) is 23.4. The molecule has 0 aliphatic heterocycles. The normalized spacial score (nSPS) is 9.76. The highest BCUT2D eigenvalue weighted by Gasteiger charge is 2.06. The van der Waals surface area contributed by atoms with Crippen LogP contribution in [0.25, 0.3) is 0 Å². The fourth-order valence-electron chi connectivity index (χ4n) is 1.31. The van der Waals surface area contributed by atoms with Crippen molar-refractivity contribution >= 4 is 17.6 Å². The van der Waals surface area contributed by atoms with E-state index in [2.05, 4.69) is 5.32 Å². The van der Waals surface area contributed by atoms with Gasteiger partial charge in [0, 0.05) is 26.3 Å². The van der Waals surface area contributed by atoms with Crippen LogP contribution in [0.2, 0.25) is 0 Å². The average molecular weight is 236 g/mol. The Balaban J connectivity index is 2.47. The Labute approximate surface area is 100 Å². The first-order chi connectivity index (χ1) is 7.99. The van der Waals surface area contributed by atoms with E-state index >= 15 is 0 Å². The summed E-state index contributed by atoms with van der Waals surface area (Å²) in [5.74, 6) is -1.60. The first-order valence-corrected chi connectivity index (χ1v) is 5.24. The van der Waals surface area contributed by atoms with Crippen LogP contribution in [0.5, 0.6) is 0 Å². The standard InChI is InChI=1S/C12H16N2O3/c1-14(2)10-5-3-9(4-6-10)8-13-11(15)7-12(16)17/h3-6H,7-8H2,1-2H3,(H,13,15)(H,16,17). The van der Waals surface area contributed by atoms with Gasteiger partial charge >= 0.3 is 5.97 Å². The molecule has 1 amide bonds. The molecule has 1 rings (SSSR count). The molecular formula is C12H16N2O3. The maximum atomic E-state index is 11.1. The van der Waals surface area contributed by atoms with E-state index in [1.165, 1.54) is 0 Å². The van der Waals surface area contributed by atoms with Gasteiger partial charge < -0.3 is 15.3 Å². The van der Waals surface area contributed by atoms with E-state index in [0.717, 1.165) is 11.3 Å². The molecule has 0 aromatic heterocycles. The molecule has 1 aromatic carbocycles. The minimum atomic E-state index is -1.12. The predicted octanol–water partition coefficient (Wildman–Crippen LogP) is 0.843. The largest absolute Gasteiger partial charge is 0.481 e. The number of amides is 1. The first-order valence-electron chi connectivity index (χ1n) is 5.24. The predicted molar refractivity (Wildman–Crippen MR) is 64.9 cm³/mol. The second-order valence-electron chi connectivity index (χ2n) is 3.91. The quantitative estimate of drug-likeness (QED) is 0.743. The van der Waals surface area contributed by atoms with E-state index in [0.29, 0.717) is 6.54 Å². The molecule has 0 unspecified atom stereocenters. The van der Waals surface area contributed by atoms with Crippen molar-refractivity contribution in [2.24, 2.45) is 0 Å². The summed E-state index contributed by atoms with van der Waals surface area (Å²) < 4.78 is 0. The maximum absolute atomic E-state index is 11.1. The molecule has 0 saturated carbocycles. The van der Waals surface area contributed by atoms with E-state index in [4.69, 9.17) is 5.11 Å². The highest BCUT2D eigenvalue weighted by atomic mass is 16.4. The van der Waals surface area contributed by atoms with Gasteiger partial charge in [-0.25, -0.2) is 0 Å². The number of nitrogens with one attached hydrogen (secondary N) is 1. The lowest BCUT2D eigenvalue weighted by atomic mass is 10.2. The van der Waals surface area contributed by atoms with Crippen molar-refractivity contribution in [1.82, 2.24) is 5.32 Å². The Hall–Kier alpha value is -2.04. The van der Waals surface area contributed by atoms with Crippen LogP contribution in [0.3, 0.4) is 0 Å². The van der Waals surface area contributed by atoms with E-state index in [1.807, 2.05) is 43.3 Å². The molecule has 0 heterocycles. The zero-order valence-electron chi connectivity index (χ0n) is 9.93. The van der Waals surface area contributed by atoms with Crippen LogP contribution in [0.1, 0.15) is 12.0 Å². The summed E-state index contributed by atoms with van der Waals surface area (Å²) >= 11 is 0. The third-order valence-electron chi connectivity index (χ3n) is 2.25.